The third-order valence-corrected chi connectivity index (χ3v) is 5.75. The van der Waals surface area contributed by atoms with Crippen LogP contribution >= 0.6 is 11.8 Å². The highest BCUT2D eigenvalue weighted by molar-refractivity contribution is 7.98. The number of aryl methyl sites for hydroxylation is 1. The number of methoxy groups -OCH3 is 1. The van der Waals surface area contributed by atoms with Gasteiger partial charge >= 0.3 is 12.1 Å². The van der Waals surface area contributed by atoms with Crippen molar-refractivity contribution in [3.63, 3.8) is 0 Å². The lowest BCUT2D eigenvalue weighted by Gasteiger charge is -2.37. The van der Waals surface area contributed by atoms with Crippen molar-refractivity contribution in [2.45, 2.75) is 71.7 Å². The molecule has 0 aliphatic carbocycles. The van der Waals surface area contributed by atoms with E-state index in [-0.39, 0.29) is 12.3 Å². The average molecular weight is 526 g/mol. The Balaban J connectivity index is 3.47. The van der Waals surface area contributed by atoms with Crippen molar-refractivity contribution >= 4 is 35.6 Å². The molecule has 3 amide bonds. The summed E-state index contributed by atoms with van der Waals surface area (Å²) >= 11 is 1.51. The van der Waals surface area contributed by atoms with Gasteiger partial charge in [-0.3, -0.25) is 14.4 Å². The van der Waals surface area contributed by atoms with Crippen LogP contribution < -0.4 is 10.6 Å². The number of hydrogen-bond acceptors (Lipinski definition) is 8. The Bertz CT molecular complexity index is 931. The first-order chi connectivity index (χ1) is 16.7. The van der Waals surface area contributed by atoms with Gasteiger partial charge in [-0.1, -0.05) is 6.07 Å². The molecular formula is C25H39N3O7S. The normalized spacial score (nSPS) is 12.9. The number of benzene rings is 1. The van der Waals surface area contributed by atoms with E-state index in [0.717, 1.165) is 0 Å². The van der Waals surface area contributed by atoms with E-state index in [1.165, 1.54) is 29.8 Å². The molecule has 0 bridgehead atoms. The highest BCUT2D eigenvalue weighted by Crippen LogP contribution is 2.29. The number of hydrogen-bond donors (Lipinski definition) is 3. The second kappa shape index (κ2) is 14.0. The van der Waals surface area contributed by atoms with E-state index in [2.05, 4.69) is 15.4 Å². The molecule has 0 aliphatic rings. The summed E-state index contributed by atoms with van der Waals surface area (Å²) in [5.74, 6) is -1.10. The van der Waals surface area contributed by atoms with Crippen molar-refractivity contribution in [3.8, 4) is 5.75 Å². The summed E-state index contributed by atoms with van der Waals surface area (Å²) < 4.78 is 9.96. The lowest BCUT2D eigenvalue weighted by Crippen LogP contribution is -2.55. The number of amides is 3. The number of ether oxygens (including phenoxy) is 2. The molecule has 202 valence electrons. The molecule has 1 aromatic carbocycles. The van der Waals surface area contributed by atoms with Crippen molar-refractivity contribution in [2.75, 3.05) is 25.7 Å². The monoisotopic (exact) mass is 525 g/mol. The van der Waals surface area contributed by atoms with Gasteiger partial charge < -0.3 is 30.1 Å². The number of nitrogens with zero attached hydrogens (tertiary/aromatic N) is 1. The van der Waals surface area contributed by atoms with Crippen LogP contribution in [0.3, 0.4) is 0 Å². The van der Waals surface area contributed by atoms with Gasteiger partial charge in [0.25, 0.3) is 0 Å². The quantitative estimate of drug-likeness (QED) is 0.376. The van der Waals surface area contributed by atoms with E-state index in [1.807, 2.05) is 6.26 Å². The van der Waals surface area contributed by atoms with Gasteiger partial charge in [0.15, 0.2) is 0 Å². The van der Waals surface area contributed by atoms with Crippen molar-refractivity contribution < 1.29 is 33.8 Å². The largest absolute Gasteiger partial charge is 0.508 e. The SMILES string of the molecule is COC(=O)CNC(=O)C(c1ccc(O)c(C)c1)N(C(=O)C(CCSC)NC(=O)OC(C)(C)C)C(C)C. The lowest BCUT2D eigenvalue weighted by molar-refractivity contribution is -0.146. The molecule has 36 heavy (non-hydrogen) atoms. The number of nitrogens with one attached hydrogen (secondary N) is 2. The van der Waals surface area contributed by atoms with Gasteiger partial charge in [-0.2, -0.15) is 11.8 Å². The standard InChI is InChI=1S/C25H39N3O7S/c1-15(2)28(23(32)18(11-12-36-8)27-24(33)35-25(4,5)6)21(22(31)26-14-20(30)34-7)17-9-10-19(29)16(3)13-17/h9-10,13,15,18,21,29H,11-12,14H2,1-8H3,(H,26,31)(H,27,33). The summed E-state index contributed by atoms with van der Waals surface area (Å²) in [4.78, 5) is 52.8. The molecule has 1 aromatic rings. The van der Waals surface area contributed by atoms with Crippen molar-refractivity contribution in [3.05, 3.63) is 29.3 Å². The second-order valence-electron chi connectivity index (χ2n) is 9.56. The number of carbonyl (C=O) groups excluding carboxylic acids is 4. The molecule has 0 saturated carbocycles. The zero-order valence-electron chi connectivity index (χ0n) is 22.3. The number of alkyl carbamates (subject to hydrolysis) is 1. The van der Waals surface area contributed by atoms with Gasteiger partial charge in [0.1, 0.15) is 30.0 Å². The first-order valence-corrected chi connectivity index (χ1v) is 13.1. The Morgan fingerprint density at radius 2 is 1.81 bits per heavy atom. The van der Waals surface area contributed by atoms with Crippen LogP contribution in [-0.2, 0) is 23.9 Å². The van der Waals surface area contributed by atoms with E-state index >= 15 is 0 Å². The third kappa shape index (κ3) is 9.60. The topological polar surface area (TPSA) is 134 Å². The first kappa shape index (κ1) is 31.1. The van der Waals surface area contributed by atoms with Crippen LogP contribution in [0.2, 0.25) is 0 Å². The zero-order chi connectivity index (χ0) is 27.6. The van der Waals surface area contributed by atoms with E-state index in [0.29, 0.717) is 23.3 Å². The summed E-state index contributed by atoms with van der Waals surface area (Å²) in [5.41, 5.74) is 0.199. The van der Waals surface area contributed by atoms with E-state index < -0.39 is 47.6 Å². The Kier molecular flexibility index (Phi) is 12.1. The Hall–Kier alpha value is -2.95. The molecular weight excluding hydrogens is 486 g/mol. The van der Waals surface area contributed by atoms with Gasteiger partial charge in [-0.25, -0.2) is 4.79 Å². The van der Waals surface area contributed by atoms with Gasteiger partial charge in [0, 0.05) is 6.04 Å². The fourth-order valence-electron chi connectivity index (χ4n) is 3.42. The molecule has 11 heteroatoms. The Labute approximate surface area is 217 Å². The molecule has 0 aromatic heterocycles. The average Bonchev–Trinajstić information content (AvgIpc) is 2.78. The number of phenols is 1. The minimum atomic E-state index is -1.14. The summed E-state index contributed by atoms with van der Waals surface area (Å²) in [5, 5.41) is 15.2. The van der Waals surface area contributed by atoms with Crippen LogP contribution in [0.5, 0.6) is 5.75 Å². The predicted octanol–water partition coefficient (Wildman–Crippen LogP) is 2.91. The Morgan fingerprint density at radius 3 is 2.31 bits per heavy atom. The summed E-state index contributed by atoms with van der Waals surface area (Å²) in [6.07, 6.45) is 1.46. The zero-order valence-corrected chi connectivity index (χ0v) is 23.2. The van der Waals surface area contributed by atoms with Crippen LogP contribution in [0, 0.1) is 6.92 Å². The van der Waals surface area contributed by atoms with Crippen molar-refractivity contribution in [2.24, 2.45) is 0 Å². The molecule has 2 atom stereocenters. The van der Waals surface area contributed by atoms with Gasteiger partial charge in [0.2, 0.25) is 11.8 Å². The Morgan fingerprint density at radius 1 is 1.17 bits per heavy atom. The first-order valence-electron chi connectivity index (χ1n) is 11.7. The minimum absolute atomic E-state index is 0.0410. The number of phenolic OH excluding ortho intramolecular Hbond substituents is 1. The molecule has 0 saturated heterocycles. The summed E-state index contributed by atoms with van der Waals surface area (Å²) in [6.45, 7) is 9.97. The highest BCUT2D eigenvalue weighted by Gasteiger charge is 2.38. The van der Waals surface area contributed by atoms with Crippen molar-refractivity contribution in [1.82, 2.24) is 15.5 Å². The number of carbonyl (C=O) groups is 4. The van der Waals surface area contributed by atoms with E-state index in [4.69, 9.17) is 4.74 Å². The summed E-state index contributed by atoms with van der Waals surface area (Å²) in [7, 11) is 1.21. The molecule has 0 aliphatic heterocycles. The maximum Gasteiger partial charge on any atom is 0.408 e. The smallest absolute Gasteiger partial charge is 0.408 e. The number of aromatic hydroxyl groups is 1. The molecule has 0 heterocycles. The minimum Gasteiger partial charge on any atom is -0.508 e. The lowest BCUT2D eigenvalue weighted by atomic mass is 9.98. The van der Waals surface area contributed by atoms with Gasteiger partial charge in [-0.15, -0.1) is 0 Å². The highest BCUT2D eigenvalue weighted by atomic mass is 32.2. The molecule has 0 radical (unpaired) electrons. The molecule has 0 spiro atoms. The fourth-order valence-corrected chi connectivity index (χ4v) is 3.89. The van der Waals surface area contributed by atoms with E-state index in [9.17, 15) is 24.3 Å². The summed E-state index contributed by atoms with van der Waals surface area (Å²) in [6, 6.07) is 2.04. The van der Waals surface area contributed by atoms with Crippen LogP contribution in [0.25, 0.3) is 0 Å². The predicted molar refractivity (Wildman–Crippen MR) is 139 cm³/mol. The number of thioether (sulfide) groups is 1. The van der Waals surface area contributed by atoms with Crippen LogP contribution in [0.1, 0.15) is 58.2 Å². The molecule has 2 unspecified atom stereocenters. The van der Waals surface area contributed by atoms with Gasteiger partial charge in [-0.05, 0) is 83.2 Å². The van der Waals surface area contributed by atoms with Crippen LogP contribution in [-0.4, -0.2) is 77.2 Å². The third-order valence-electron chi connectivity index (χ3n) is 5.11. The number of esters is 1. The molecule has 3 N–H and O–H groups in total. The van der Waals surface area contributed by atoms with Crippen LogP contribution in [0.15, 0.2) is 18.2 Å². The van der Waals surface area contributed by atoms with Crippen molar-refractivity contribution in [1.29, 1.82) is 0 Å². The molecule has 0 fully saturated rings. The molecule has 10 nitrogen and oxygen atoms in total. The fraction of sp³-hybridized carbons (Fsp3) is 0.600. The molecule has 1 rings (SSSR count). The van der Waals surface area contributed by atoms with Crippen LogP contribution in [0.4, 0.5) is 4.79 Å². The maximum atomic E-state index is 13.9. The second-order valence-corrected chi connectivity index (χ2v) is 10.5. The van der Waals surface area contributed by atoms with E-state index in [1.54, 1.807) is 53.7 Å². The number of rotatable bonds is 11. The maximum absolute atomic E-state index is 13.9. The van der Waals surface area contributed by atoms with Gasteiger partial charge in [0.05, 0.1) is 7.11 Å².